The number of aromatic nitrogens is 2. The van der Waals surface area contributed by atoms with Crippen molar-refractivity contribution >= 4 is 50.0 Å². The molecule has 0 aliphatic heterocycles. The van der Waals surface area contributed by atoms with E-state index in [0.717, 1.165) is 0 Å². The summed E-state index contributed by atoms with van der Waals surface area (Å²) in [6, 6.07) is 7.77. The molecule has 2 aromatic heterocycles. The molecule has 0 saturated carbocycles. The van der Waals surface area contributed by atoms with Crippen LogP contribution in [0.1, 0.15) is 5.69 Å². The molecule has 2 N–H and O–H groups in total. The van der Waals surface area contributed by atoms with Crippen molar-refractivity contribution in [2.45, 2.75) is 4.90 Å². The molecule has 0 fully saturated rings. The molecule has 11 heteroatoms. The molecule has 25 heavy (non-hydrogen) atoms. The van der Waals surface area contributed by atoms with Crippen molar-refractivity contribution in [3.63, 3.8) is 0 Å². The lowest BCUT2D eigenvalue weighted by atomic mass is 10.4. The summed E-state index contributed by atoms with van der Waals surface area (Å²) in [5, 5.41) is 5.88. The molecule has 0 aliphatic carbocycles. The quantitative estimate of drug-likeness (QED) is 0.485. The van der Waals surface area contributed by atoms with Crippen molar-refractivity contribution in [3.05, 3.63) is 52.8 Å². The summed E-state index contributed by atoms with van der Waals surface area (Å²) in [6.07, 6.45) is 3.12. The van der Waals surface area contributed by atoms with Gasteiger partial charge in [-0.25, -0.2) is 23.5 Å². The van der Waals surface area contributed by atoms with E-state index in [-0.39, 0.29) is 10.0 Å². The number of rotatable bonds is 6. The first-order valence-corrected chi connectivity index (χ1v) is 9.69. The highest BCUT2D eigenvalue weighted by Crippen LogP contribution is 2.19. The maximum Gasteiger partial charge on any atom is 0.255 e. The van der Waals surface area contributed by atoms with Crippen molar-refractivity contribution in [1.29, 1.82) is 0 Å². The van der Waals surface area contributed by atoms with Gasteiger partial charge in [-0.2, -0.15) is 5.10 Å². The lowest BCUT2D eigenvalue weighted by molar-refractivity contribution is -0.119. The molecule has 1 aromatic carbocycles. The first kappa shape index (κ1) is 17.5. The number of sulfonamides is 1. The third kappa shape index (κ3) is 4.04. The molecule has 0 atom stereocenters. The van der Waals surface area contributed by atoms with Gasteiger partial charge >= 0.3 is 0 Å². The van der Waals surface area contributed by atoms with Crippen molar-refractivity contribution in [2.24, 2.45) is 5.10 Å². The molecule has 0 spiro atoms. The molecule has 0 bridgehead atoms. The van der Waals surface area contributed by atoms with Gasteiger partial charge in [0.15, 0.2) is 10.1 Å². The Bertz CT molecular complexity index is 1030. The Balaban J connectivity index is 1.58. The smallest absolute Gasteiger partial charge is 0.255 e. The summed E-state index contributed by atoms with van der Waals surface area (Å²) in [7, 11) is -3.75. The van der Waals surface area contributed by atoms with Gasteiger partial charge in [-0.3, -0.25) is 9.20 Å². The molecular weight excluding hydrogens is 386 g/mol. The number of nitrogens with one attached hydrogen (secondary N) is 2. The molecule has 1 amide bonds. The summed E-state index contributed by atoms with van der Waals surface area (Å²) in [5.41, 5.74) is 2.75. The van der Waals surface area contributed by atoms with Crippen molar-refractivity contribution in [3.8, 4) is 0 Å². The van der Waals surface area contributed by atoms with E-state index >= 15 is 0 Å². The summed E-state index contributed by atoms with van der Waals surface area (Å²) >= 11 is 7.40. The fraction of sp³-hybridized carbons (Fsp3) is 0.0714. The standard InChI is InChI=1S/C14H12ClN5O3S2/c15-13-11(20-6-7-24-14(20)18-13)8-16-19-12(21)9-17-25(22,23)10-4-2-1-3-5-10/h1-8,17H,9H2,(H,19,21)/b16-8-. The zero-order valence-electron chi connectivity index (χ0n) is 12.6. The number of fused-ring (bicyclic) bond motifs is 1. The zero-order chi connectivity index (χ0) is 17.9. The summed E-state index contributed by atoms with van der Waals surface area (Å²) in [5.74, 6) is -0.613. The predicted molar refractivity (Wildman–Crippen MR) is 95.4 cm³/mol. The van der Waals surface area contributed by atoms with E-state index in [4.69, 9.17) is 11.6 Å². The molecule has 3 rings (SSSR count). The van der Waals surface area contributed by atoms with Crippen LogP contribution >= 0.6 is 22.9 Å². The van der Waals surface area contributed by atoms with E-state index in [9.17, 15) is 13.2 Å². The van der Waals surface area contributed by atoms with Crippen LogP contribution in [0.3, 0.4) is 0 Å². The Morgan fingerprint density at radius 1 is 1.36 bits per heavy atom. The van der Waals surface area contributed by atoms with E-state index in [0.29, 0.717) is 10.7 Å². The van der Waals surface area contributed by atoms with E-state index in [1.54, 1.807) is 28.8 Å². The second kappa shape index (κ2) is 7.31. The Morgan fingerprint density at radius 2 is 2.12 bits per heavy atom. The fourth-order valence-corrected chi connectivity index (χ4v) is 3.94. The molecule has 0 aliphatic rings. The number of amides is 1. The fourth-order valence-electron chi connectivity index (χ4n) is 1.94. The van der Waals surface area contributed by atoms with Gasteiger partial charge in [0.25, 0.3) is 5.91 Å². The highest BCUT2D eigenvalue weighted by Gasteiger charge is 2.14. The molecule has 0 unspecified atom stereocenters. The Kier molecular flexibility index (Phi) is 5.13. The highest BCUT2D eigenvalue weighted by molar-refractivity contribution is 7.89. The normalized spacial score (nSPS) is 12.0. The maximum absolute atomic E-state index is 12.0. The molecule has 0 saturated heterocycles. The van der Waals surface area contributed by atoms with E-state index < -0.39 is 22.5 Å². The van der Waals surface area contributed by atoms with Gasteiger partial charge in [0, 0.05) is 11.6 Å². The number of benzene rings is 1. The van der Waals surface area contributed by atoms with Crippen LogP contribution in [-0.4, -0.2) is 36.5 Å². The number of imidazole rings is 1. The van der Waals surface area contributed by atoms with E-state index in [2.05, 4.69) is 20.2 Å². The van der Waals surface area contributed by atoms with Crippen LogP contribution in [0.15, 0.2) is 51.9 Å². The minimum atomic E-state index is -3.75. The van der Waals surface area contributed by atoms with Crippen LogP contribution < -0.4 is 10.1 Å². The first-order chi connectivity index (χ1) is 12.0. The Morgan fingerprint density at radius 3 is 2.88 bits per heavy atom. The molecular formula is C14H12ClN5O3S2. The topological polar surface area (TPSA) is 105 Å². The summed E-state index contributed by atoms with van der Waals surface area (Å²) in [4.78, 5) is 16.7. The third-order valence-electron chi connectivity index (χ3n) is 3.11. The number of carbonyl (C=O) groups is 1. The number of halogens is 1. The lowest BCUT2D eigenvalue weighted by Crippen LogP contribution is -2.34. The van der Waals surface area contributed by atoms with Gasteiger partial charge in [-0.05, 0) is 12.1 Å². The van der Waals surface area contributed by atoms with Crippen LogP contribution in [0, 0.1) is 0 Å². The van der Waals surface area contributed by atoms with Gasteiger partial charge in [-0.15, -0.1) is 11.3 Å². The Hall–Kier alpha value is -2.27. The van der Waals surface area contributed by atoms with Gasteiger partial charge in [0.1, 0.15) is 5.69 Å². The second-order valence-corrected chi connectivity index (χ2v) is 7.77. The highest BCUT2D eigenvalue weighted by atomic mass is 35.5. The SMILES string of the molecule is O=C(CNS(=O)(=O)c1ccccc1)N/N=C\c1c(Cl)nc2sccn12. The second-order valence-electron chi connectivity index (χ2n) is 4.77. The van der Waals surface area contributed by atoms with Crippen LogP contribution in [0.5, 0.6) is 0 Å². The molecule has 0 radical (unpaired) electrons. The molecule has 130 valence electrons. The zero-order valence-corrected chi connectivity index (χ0v) is 15.0. The van der Waals surface area contributed by atoms with E-state index in [1.165, 1.54) is 29.7 Å². The van der Waals surface area contributed by atoms with Crippen molar-refractivity contribution in [2.75, 3.05) is 6.54 Å². The van der Waals surface area contributed by atoms with Crippen LogP contribution in [0.2, 0.25) is 5.15 Å². The summed E-state index contributed by atoms with van der Waals surface area (Å²) in [6.45, 7) is -0.442. The molecule has 3 aromatic rings. The number of hydrazone groups is 1. The number of hydrogen-bond acceptors (Lipinski definition) is 6. The average Bonchev–Trinajstić information content (AvgIpc) is 3.16. The number of carbonyl (C=O) groups excluding carboxylic acids is 1. The number of nitrogens with zero attached hydrogens (tertiary/aromatic N) is 3. The van der Waals surface area contributed by atoms with Gasteiger partial charge in [0.05, 0.1) is 17.7 Å². The molecule has 8 nitrogen and oxygen atoms in total. The van der Waals surface area contributed by atoms with Crippen LogP contribution in [0.25, 0.3) is 4.96 Å². The largest absolute Gasteiger partial charge is 0.288 e. The maximum atomic E-state index is 12.0. The van der Waals surface area contributed by atoms with E-state index in [1.807, 2.05) is 5.38 Å². The Labute approximate surface area is 152 Å². The van der Waals surface area contributed by atoms with Crippen molar-refractivity contribution < 1.29 is 13.2 Å². The minimum Gasteiger partial charge on any atom is -0.288 e. The lowest BCUT2D eigenvalue weighted by Gasteiger charge is -2.05. The third-order valence-corrected chi connectivity index (χ3v) is 5.56. The number of hydrogen-bond donors (Lipinski definition) is 2. The van der Waals surface area contributed by atoms with Gasteiger partial charge in [0.2, 0.25) is 10.0 Å². The first-order valence-electron chi connectivity index (χ1n) is 6.95. The van der Waals surface area contributed by atoms with Crippen LogP contribution in [0.4, 0.5) is 0 Å². The molecule has 2 heterocycles. The predicted octanol–water partition coefficient (Wildman–Crippen LogP) is 1.48. The summed E-state index contributed by atoms with van der Waals surface area (Å²) < 4.78 is 27.9. The monoisotopic (exact) mass is 397 g/mol. The number of thiazole rings is 1. The average molecular weight is 398 g/mol. The van der Waals surface area contributed by atoms with Crippen molar-refractivity contribution in [1.82, 2.24) is 19.5 Å². The van der Waals surface area contributed by atoms with Gasteiger partial charge in [-0.1, -0.05) is 29.8 Å². The van der Waals surface area contributed by atoms with Crippen LogP contribution in [-0.2, 0) is 14.8 Å². The van der Waals surface area contributed by atoms with Gasteiger partial charge < -0.3 is 0 Å². The minimum absolute atomic E-state index is 0.0807.